The zero-order valence-corrected chi connectivity index (χ0v) is 12.4. The van der Waals surface area contributed by atoms with Gasteiger partial charge >= 0.3 is 5.97 Å². The maximum absolute atomic E-state index is 11.3. The first-order valence-electron chi connectivity index (χ1n) is 5.80. The lowest BCUT2D eigenvalue weighted by atomic mass is 10.3. The fourth-order valence-electron chi connectivity index (χ4n) is 1.64. The SMILES string of the molecule is COC(=O)c1ccc(C(C)Oc2cc(Cl)cc(Cl)c2)o1. The molecule has 1 unspecified atom stereocenters. The Labute approximate surface area is 126 Å². The van der Waals surface area contributed by atoms with Crippen molar-refractivity contribution in [3.05, 3.63) is 51.9 Å². The van der Waals surface area contributed by atoms with Gasteiger partial charge in [-0.3, -0.25) is 0 Å². The van der Waals surface area contributed by atoms with Crippen LogP contribution in [-0.4, -0.2) is 13.1 Å². The highest BCUT2D eigenvalue weighted by molar-refractivity contribution is 6.34. The van der Waals surface area contributed by atoms with Crippen molar-refractivity contribution in [3.63, 3.8) is 0 Å². The second-order valence-corrected chi connectivity index (χ2v) is 4.93. The molecule has 2 rings (SSSR count). The number of esters is 1. The zero-order valence-electron chi connectivity index (χ0n) is 10.9. The average Bonchev–Trinajstić information content (AvgIpc) is 2.86. The minimum atomic E-state index is -0.533. The monoisotopic (exact) mass is 314 g/mol. The van der Waals surface area contributed by atoms with E-state index in [1.807, 2.05) is 0 Å². The summed E-state index contributed by atoms with van der Waals surface area (Å²) in [5.41, 5.74) is 0. The van der Waals surface area contributed by atoms with Crippen LogP contribution in [-0.2, 0) is 4.74 Å². The first-order valence-corrected chi connectivity index (χ1v) is 6.56. The third kappa shape index (κ3) is 3.46. The Morgan fingerprint density at radius 2 is 1.85 bits per heavy atom. The summed E-state index contributed by atoms with van der Waals surface area (Å²) < 4.78 is 15.6. The molecule has 0 aliphatic carbocycles. The predicted octanol–water partition coefficient (Wildman–Crippen LogP) is 4.51. The predicted molar refractivity (Wildman–Crippen MR) is 75.6 cm³/mol. The van der Waals surface area contributed by atoms with Gasteiger partial charge < -0.3 is 13.9 Å². The Kier molecular flexibility index (Phi) is 4.57. The van der Waals surface area contributed by atoms with Crippen molar-refractivity contribution in [1.82, 2.24) is 0 Å². The van der Waals surface area contributed by atoms with Crippen LogP contribution in [0.1, 0.15) is 29.3 Å². The van der Waals surface area contributed by atoms with E-state index in [4.69, 9.17) is 32.4 Å². The van der Waals surface area contributed by atoms with Gasteiger partial charge in [0.1, 0.15) is 11.5 Å². The van der Waals surface area contributed by atoms with Crippen molar-refractivity contribution in [2.75, 3.05) is 7.11 Å². The quantitative estimate of drug-likeness (QED) is 0.779. The summed E-state index contributed by atoms with van der Waals surface area (Å²) in [5.74, 6) is 0.615. The van der Waals surface area contributed by atoms with Gasteiger partial charge in [-0.25, -0.2) is 4.79 Å². The molecule has 0 fully saturated rings. The van der Waals surface area contributed by atoms with Crippen LogP contribution in [0.5, 0.6) is 5.75 Å². The Balaban J connectivity index is 2.13. The largest absolute Gasteiger partial charge is 0.483 e. The van der Waals surface area contributed by atoms with E-state index in [1.54, 1.807) is 31.2 Å². The third-order valence-corrected chi connectivity index (χ3v) is 3.00. The van der Waals surface area contributed by atoms with E-state index in [-0.39, 0.29) is 5.76 Å². The van der Waals surface area contributed by atoms with Gasteiger partial charge in [-0.05, 0) is 37.3 Å². The number of ether oxygens (including phenoxy) is 2. The van der Waals surface area contributed by atoms with Crippen molar-refractivity contribution >= 4 is 29.2 Å². The summed E-state index contributed by atoms with van der Waals surface area (Å²) >= 11 is 11.8. The molecule has 1 atom stereocenters. The van der Waals surface area contributed by atoms with Crippen molar-refractivity contribution in [2.45, 2.75) is 13.0 Å². The van der Waals surface area contributed by atoms with E-state index < -0.39 is 12.1 Å². The third-order valence-electron chi connectivity index (χ3n) is 2.56. The van der Waals surface area contributed by atoms with Crippen LogP contribution in [0.25, 0.3) is 0 Å². The van der Waals surface area contributed by atoms with Crippen LogP contribution in [0, 0.1) is 0 Å². The number of methoxy groups -OCH3 is 1. The molecule has 2 aromatic rings. The second kappa shape index (κ2) is 6.20. The standard InChI is InChI=1S/C14H12Cl2O4/c1-8(12-3-4-13(20-12)14(17)18-2)19-11-6-9(15)5-10(16)7-11/h3-8H,1-2H3. The molecule has 0 saturated heterocycles. The van der Waals surface area contributed by atoms with Crippen molar-refractivity contribution in [3.8, 4) is 5.75 Å². The highest BCUT2D eigenvalue weighted by atomic mass is 35.5. The van der Waals surface area contributed by atoms with Gasteiger partial charge in [0, 0.05) is 10.0 Å². The van der Waals surface area contributed by atoms with Crippen LogP contribution < -0.4 is 4.74 Å². The van der Waals surface area contributed by atoms with Crippen LogP contribution in [0.4, 0.5) is 0 Å². The zero-order chi connectivity index (χ0) is 14.7. The molecule has 0 bridgehead atoms. The summed E-state index contributed by atoms with van der Waals surface area (Å²) in [6, 6.07) is 8.10. The number of hydrogen-bond acceptors (Lipinski definition) is 4. The average molecular weight is 315 g/mol. The molecule has 6 heteroatoms. The number of carbonyl (C=O) groups is 1. The first-order chi connectivity index (χ1) is 9.49. The molecule has 4 nitrogen and oxygen atoms in total. The molecular weight excluding hydrogens is 303 g/mol. The molecule has 0 spiro atoms. The molecule has 1 aromatic heterocycles. The first kappa shape index (κ1) is 14.8. The summed E-state index contributed by atoms with van der Waals surface area (Å²) in [4.78, 5) is 11.3. The minimum absolute atomic E-state index is 0.127. The molecule has 0 aliphatic heterocycles. The lowest BCUT2D eigenvalue weighted by Gasteiger charge is -2.13. The summed E-state index contributed by atoms with van der Waals surface area (Å²) in [6.07, 6.45) is -0.400. The number of hydrogen-bond donors (Lipinski definition) is 0. The van der Waals surface area contributed by atoms with Crippen molar-refractivity contribution in [2.24, 2.45) is 0 Å². The Bertz CT molecular complexity index is 601. The van der Waals surface area contributed by atoms with Gasteiger partial charge in [-0.15, -0.1) is 0 Å². The van der Waals surface area contributed by atoms with Crippen molar-refractivity contribution < 1.29 is 18.7 Å². The minimum Gasteiger partial charge on any atom is -0.483 e. The highest BCUT2D eigenvalue weighted by Crippen LogP contribution is 2.28. The Morgan fingerprint density at radius 1 is 1.20 bits per heavy atom. The lowest BCUT2D eigenvalue weighted by molar-refractivity contribution is 0.0558. The molecule has 0 N–H and O–H groups in total. The van der Waals surface area contributed by atoms with Crippen molar-refractivity contribution in [1.29, 1.82) is 0 Å². The molecule has 20 heavy (non-hydrogen) atoms. The second-order valence-electron chi connectivity index (χ2n) is 4.06. The van der Waals surface area contributed by atoms with Gasteiger partial charge in [-0.2, -0.15) is 0 Å². The van der Waals surface area contributed by atoms with Crippen LogP contribution in [0.3, 0.4) is 0 Å². The fraction of sp³-hybridized carbons (Fsp3) is 0.214. The van der Waals surface area contributed by atoms with Gasteiger partial charge in [0.05, 0.1) is 7.11 Å². The molecule has 1 aromatic carbocycles. The topological polar surface area (TPSA) is 48.7 Å². The van der Waals surface area contributed by atoms with E-state index in [2.05, 4.69) is 4.74 Å². The van der Waals surface area contributed by atoms with Crippen LogP contribution in [0.2, 0.25) is 10.0 Å². The molecular formula is C14H12Cl2O4. The normalized spacial score (nSPS) is 12.0. The maximum Gasteiger partial charge on any atom is 0.373 e. The van der Waals surface area contributed by atoms with E-state index in [0.29, 0.717) is 21.6 Å². The maximum atomic E-state index is 11.3. The van der Waals surface area contributed by atoms with Gasteiger partial charge in [0.15, 0.2) is 6.10 Å². The number of halogens is 2. The number of rotatable bonds is 4. The van der Waals surface area contributed by atoms with Gasteiger partial charge in [0.25, 0.3) is 0 Å². The van der Waals surface area contributed by atoms with E-state index in [0.717, 1.165) is 0 Å². The fourth-order valence-corrected chi connectivity index (χ4v) is 2.15. The molecule has 106 valence electrons. The number of benzene rings is 1. The van der Waals surface area contributed by atoms with Gasteiger partial charge in [0.2, 0.25) is 5.76 Å². The smallest absolute Gasteiger partial charge is 0.373 e. The lowest BCUT2D eigenvalue weighted by Crippen LogP contribution is -2.02. The highest BCUT2D eigenvalue weighted by Gasteiger charge is 2.16. The molecule has 1 heterocycles. The number of furan rings is 1. The molecule has 0 amide bonds. The van der Waals surface area contributed by atoms with E-state index in [9.17, 15) is 4.79 Å². The van der Waals surface area contributed by atoms with E-state index in [1.165, 1.54) is 13.2 Å². The van der Waals surface area contributed by atoms with Gasteiger partial charge in [-0.1, -0.05) is 23.2 Å². The van der Waals surface area contributed by atoms with Crippen LogP contribution in [0.15, 0.2) is 34.7 Å². The Morgan fingerprint density at radius 3 is 2.45 bits per heavy atom. The molecule has 0 radical (unpaired) electrons. The number of carbonyl (C=O) groups excluding carboxylic acids is 1. The van der Waals surface area contributed by atoms with E-state index >= 15 is 0 Å². The summed E-state index contributed by atoms with van der Waals surface area (Å²) in [7, 11) is 1.29. The molecule has 0 saturated carbocycles. The summed E-state index contributed by atoms with van der Waals surface area (Å²) in [6.45, 7) is 1.79. The molecule has 0 aliphatic rings. The van der Waals surface area contributed by atoms with Crippen LogP contribution >= 0.6 is 23.2 Å². The summed E-state index contributed by atoms with van der Waals surface area (Å²) in [5, 5.41) is 0.962. The Hall–Kier alpha value is -1.65.